The van der Waals surface area contributed by atoms with E-state index in [0.29, 0.717) is 25.7 Å². The predicted molar refractivity (Wildman–Crippen MR) is 58.6 cm³/mol. The molecule has 0 radical (unpaired) electrons. The highest BCUT2D eigenvalue weighted by molar-refractivity contribution is 5.80. The van der Waals surface area contributed by atoms with Crippen molar-refractivity contribution >= 4 is 5.97 Å². The second kappa shape index (κ2) is 6.83. The average molecular weight is 255 g/mol. The largest absolute Gasteiger partial charge is 0.468 e. The Morgan fingerprint density at radius 2 is 1.65 bits per heavy atom. The van der Waals surface area contributed by atoms with E-state index in [-0.39, 0.29) is 0 Å². The number of hydrogen-bond acceptors (Lipinski definition) is 3. The molecular formula is C11H20F3NO2. The second-order valence-corrected chi connectivity index (χ2v) is 4.04. The fraction of sp³-hybridized carbons (Fsp3) is 0.909. The molecule has 1 N–H and O–H groups in total. The molecule has 0 aliphatic heterocycles. The summed E-state index contributed by atoms with van der Waals surface area (Å²) in [6.07, 6.45) is -2.44. The molecule has 6 heteroatoms. The molecule has 17 heavy (non-hydrogen) atoms. The van der Waals surface area contributed by atoms with Gasteiger partial charge in [-0.05, 0) is 12.8 Å². The van der Waals surface area contributed by atoms with E-state index in [1.54, 1.807) is 0 Å². The number of esters is 1. The standard InChI is InChI=1S/C11H20F3NO2/c1-4-6-10(7-5-2,9(16)17-3)15-8-11(12,13)14/h15H,4-8H2,1-3H3. The molecule has 0 amide bonds. The van der Waals surface area contributed by atoms with Crippen molar-refractivity contribution in [2.45, 2.75) is 51.2 Å². The van der Waals surface area contributed by atoms with E-state index in [0.717, 1.165) is 0 Å². The lowest BCUT2D eigenvalue weighted by Crippen LogP contribution is -2.55. The Bertz CT molecular complexity index is 235. The van der Waals surface area contributed by atoms with Gasteiger partial charge in [0.2, 0.25) is 0 Å². The maximum absolute atomic E-state index is 12.2. The number of rotatable bonds is 7. The van der Waals surface area contributed by atoms with E-state index < -0.39 is 24.2 Å². The van der Waals surface area contributed by atoms with Crippen molar-refractivity contribution < 1.29 is 22.7 Å². The lowest BCUT2D eigenvalue weighted by atomic mass is 9.88. The molecule has 3 nitrogen and oxygen atoms in total. The number of methoxy groups -OCH3 is 1. The molecule has 0 saturated heterocycles. The minimum Gasteiger partial charge on any atom is -0.468 e. The molecule has 0 spiro atoms. The van der Waals surface area contributed by atoms with Crippen LogP contribution in [0.3, 0.4) is 0 Å². The number of hydrogen-bond donors (Lipinski definition) is 1. The van der Waals surface area contributed by atoms with Crippen LogP contribution in [0.15, 0.2) is 0 Å². The van der Waals surface area contributed by atoms with Gasteiger partial charge in [-0.2, -0.15) is 13.2 Å². The van der Waals surface area contributed by atoms with Gasteiger partial charge in [-0.15, -0.1) is 0 Å². The zero-order chi connectivity index (χ0) is 13.5. The number of ether oxygens (including phenoxy) is 1. The lowest BCUT2D eigenvalue weighted by Gasteiger charge is -2.32. The van der Waals surface area contributed by atoms with E-state index in [2.05, 4.69) is 10.1 Å². The molecule has 0 rings (SSSR count). The highest BCUT2D eigenvalue weighted by Gasteiger charge is 2.41. The molecule has 0 aliphatic rings. The van der Waals surface area contributed by atoms with Gasteiger partial charge in [0, 0.05) is 0 Å². The summed E-state index contributed by atoms with van der Waals surface area (Å²) in [5.74, 6) is -0.620. The average Bonchev–Trinajstić information content (AvgIpc) is 2.24. The number of halogens is 3. The first-order valence-electron chi connectivity index (χ1n) is 5.71. The molecule has 0 aromatic rings. The molecule has 0 bridgehead atoms. The van der Waals surface area contributed by atoms with Crippen molar-refractivity contribution in [1.82, 2.24) is 5.32 Å². The Morgan fingerprint density at radius 3 is 1.94 bits per heavy atom. The van der Waals surface area contributed by atoms with Crippen LogP contribution < -0.4 is 5.32 Å². The van der Waals surface area contributed by atoms with Gasteiger partial charge in [-0.3, -0.25) is 10.1 Å². The SMILES string of the molecule is CCCC(CCC)(NCC(F)(F)F)C(=O)OC. The van der Waals surface area contributed by atoms with E-state index >= 15 is 0 Å². The highest BCUT2D eigenvalue weighted by Crippen LogP contribution is 2.24. The monoisotopic (exact) mass is 255 g/mol. The molecule has 0 heterocycles. The maximum Gasteiger partial charge on any atom is 0.401 e. The van der Waals surface area contributed by atoms with Crippen LogP contribution in [0.4, 0.5) is 13.2 Å². The van der Waals surface area contributed by atoms with Gasteiger partial charge in [0.05, 0.1) is 13.7 Å². The summed E-state index contributed by atoms with van der Waals surface area (Å²) < 4.78 is 41.3. The van der Waals surface area contributed by atoms with Crippen LogP contribution in [0.2, 0.25) is 0 Å². The molecule has 0 saturated carbocycles. The van der Waals surface area contributed by atoms with Gasteiger partial charge in [0.1, 0.15) is 5.54 Å². The Labute approximate surface area is 99.7 Å². The van der Waals surface area contributed by atoms with E-state index in [1.165, 1.54) is 7.11 Å². The summed E-state index contributed by atoms with van der Waals surface area (Å²) in [6.45, 7) is 2.47. The number of alkyl halides is 3. The highest BCUT2D eigenvalue weighted by atomic mass is 19.4. The molecule has 0 aromatic carbocycles. The number of carbonyl (C=O) groups is 1. The van der Waals surface area contributed by atoms with Crippen LogP contribution in [-0.2, 0) is 9.53 Å². The first kappa shape index (κ1) is 16.2. The van der Waals surface area contributed by atoms with Crippen LogP contribution in [0.5, 0.6) is 0 Å². The Kier molecular flexibility index (Phi) is 6.52. The van der Waals surface area contributed by atoms with Crippen molar-refractivity contribution in [3.63, 3.8) is 0 Å². The first-order valence-corrected chi connectivity index (χ1v) is 5.71. The van der Waals surface area contributed by atoms with Gasteiger partial charge in [0.15, 0.2) is 0 Å². The summed E-state index contributed by atoms with van der Waals surface area (Å²) in [6, 6.07) is 0. The van der Waals surface area contributed by atoms with Gasteiger partial charge in [-0.1, -0.05) is 26.7 Å². The topological polar surface area (TPSA) is 38.3 Å². The van der Waals surface area contributed by atoms with Crippen molar-refractivity contribution in [2.24, 2.45) is 0 Å². The van der Waals surface area contributed by atoms with Crippen molar-refractivity contribution in [2.75, 3.05) is 13.7 Å². The second-order valence-electron chi connectivity index (χ2n) is 4.04. The van der Waals surface area contributed by atoms with E-state index in [1.807, 2.05) is 13.8 Å². The third-order valence-electron chi connectivity index (χ3n) is 2.56. The zero-order valence-electron chi connectivity index (χ0n) is 10.5. The summed E-state index contributed by atoms with van der Waals surface area (Å²) in [5.41, 5.74) is -1.21. The molecule has 0 aromatic heterocycles. The van der Waals surface area contributed by atoms with Crippen LogP contribution in [-0.4, -0.2) is 31.3 Å². The zero-order valence-corrected chi connectivity index (χ0v) is 10.5. The molecule has 0 atom stereocenters. The molecular weight excluding hydrogens is 235 g/mol. The predicted octanol–water partition coefficient (Wildman–Crippen LogP) is 2.65. The minimum atomic E-state index is -4.33. The first-order chi connectivity index (χ1) is 7.81. The quantitative estimate of drug-likeness (QED) is 0.711. The molecule has 0 unspecified atom stereocenters. The Morgan fingerprint density at radius 1 is 1.18 bits per heavy atom. The van der Waals surface area contributed by atoms with Gasteiger partial charge >= 0.3 is 12.1 Å². The minimum absolute atomic E-state index is 0.337. The number of carbonyl (C=O) groups excluding carboxylic acids is 1. The maximum atomic E-state index is 12.2. The molecule has 0 aliphatic carbocycles. The van der Waals surface area contributed by atoms with Gasteiger partial charge in [-0.25, -0.2) is 0 Å². The van der Waals surface area contributed by atoms with Crippen LogP contribution in [0.25, 0.3) is 0 Å². The normalized spacial score (nSPS) is 12.6. The molecule has 0 fully saturated rings. The van der Waals surface area contributed by atoms with Gasteiger partial charge in [0.25, 0.3) is 0 Å². The lowest BCUT2D eigenvalue weighted by molar-refractivity contribution is -0.154. The third kappa shape index (κ3) is 5.39. The fourth-order valence-electron chi connectivity index (χ4n) is 1.90. The van der Waals surface area contributed by atoms with E-state index in [9.17, 15) is 18.0 Å². The summed E-state index contributed by atoms with van der Waals surface area (Å²) in [4.78, 5) is 11.7. The van der Waals surface area contributed by atoms with Gasteiger partial charge < -0.3 is 4.74 Å². The van der Waals surface area contributed by atoms with Crippen molar-refractivity contribution in [3.8, 4) is 0 Å². The smallest absolute Gasteiger partial charge is 0.401 e. The van der Waals surface area contributed by atoms with Crippen molar-refractivity contribution in [3.05, 3.63) is 0 Å². The summed E-state index contributed by atoms with van der Waals surface area (Å²) in [5, 5.41) is 2.33. The Hall–Kier alpha value is -0.780. The van der Waals surface area contributed by atoms with Crippen LogP contribution >= 0.6 is 0 Å². The Balaban J connectivity index is 4.83. The van der Waals surface area contributed by atoms with Crippen molar-refractivity contribution in [1.29, 1.82) is 0 Å². The molecule has 102 valence electrons. The van der Waals surface area contributed by atoms with E-state index in [4.69, 9.17) is 0 Å². The number of nitrogens with one attached hydrogen (secondary N) is 1. The summed E-state index contributed by atoms with van der Waals surface area (Å²) in [7, 11) is 1.19. The fourth-order valence-corrected chi connectivity index (χ4v) is 1.90. The third-order valence-corrected chi connectivity index (χ3v) is 2.56. The summed E-state index contributed by atoms with van der Waals surface area (Å²) >= 11 is 0. The van der Waals surface area contributed by atoms with Crippen LogP contribution in [0, 0.1) is 0 Å². The van der Waals surface area contributed by atoms with Crippen LogP contribution in [0.1, 0.15) is 39.5 Å².